The molecule has 0 saturated heterocycles. The number of amides is 1. The molecular formula is C19H16FN3O4S. The van der Waals surface area contributed by atoms with Gasteiger partial charge in [0.2, 0.25) is 5.91 Å². The summed E-state index contributed by atoms with van der Waals surface area (Å²) in [5, 5.41) is 2.63. The maximum atomic E-state index is 12.9. The van der Waals surface area contributed by atoms with Crippen LogP contribution >= 0.6 is 0 Å². The molecule has 0 aliphatic carbocycles. The third-order valence-corrected chi connectivity index (χ3v) is 5.15. The number of carbonyl (C=O) groups is 1. The van der Waals surface area contributed by atoms with Crippen molar-refractivity contribution in [1.29, 1.82) is 0 Å². The number of carbonyl (C=O) groups excluding carboxylic acids is 1. The maximum absolute atomic E-state index is 12.9. The van der Waals surface area contributed by atoms with Crippen molar-refractivity contribution in [1.82, 2.24) is 4.57 Å². The number of pyridine rings is 1. The van der Waals surface area contributed by atoms with E-state index in [2.05, 4.69) is 10.0 Å². The Balaban J connectivity index is 1.65. The van der Waals surface area contributed by atoms with Gasteiger partial charge in [-0.15, -0.1) is 0 Å². The van der Waals surface area contributed by atoms with Gasteiger partial charge >= 0.3 is 0 Å². The van der Waals surface area contributed by atoms with Crippen LogP contribution in [0.2, 0.25) is 0 Å². The van der Waals surface area contributed by atoms with Crippen LogP contribution in [0, 0.1) is 5.82 Å². The van der Waals surface area contributed by atoms with E-state index in [0.717, 1.165) is 24.3 Å². The highest BCUT2D eigenvalue weighted by atomic mass is 32.2. The predicted molar refractivity (Wildman–Crippen MR) is 103 cm³/mol. The molecule has 0 bridgehead atoms. The number of nitrogens with zero attached hydrogens (tertiary/aromatic N) is 1. The minimum absolute atomic E-state index is 0.0698. The van der Waals surface area contributed by atoms with E-state index in [-0.39, 0.29) is 22.7 Å². The van der Waals surface area contributed by atoms with Crippen LogP contribution in [-0.2, 0) is 21.4 Å². The second kappa shape index (κ2) is 8.05. The van der Waals surface area contributed by atoms with Gasteiger partial charge in [-0.2, -0.15) is 0 Å². The molecule has 0 aliphatic heterocycles. The Labute approximate surface area is 160 Å². The molecule has 0 radical (unpaired) electrons. The number of halogens is 1. The normalized spacial score (nSPS) is 11.0. The third-order valence-electron chi connectivity index (χ3n) is 3.76. The van der Waals surface area contributed by atoms with Gasteiger partial charge in [-0.3, -0.25) is 14.3 Å². The van der Waals surface area contributed by atoms with Crippen LogP contribution in [-0.4, -0.2) is 18.9 Å². The van der Waals surface area contributed by atoms with Crippen molar-refractivity contribution in [2.75, 3.05) is 10.0 Å². The van der Waals surface area contributed by atoms with Gasteiger partial charge < -0.3 is 9.88 Å². The summed E-state index contributed by atoms with van der Waals surface area (Å²) in [5.74, 6) is -0.926. The van der Waals surface area contributed by atoms with Gasteiger partial charge in [-0.1, -0.05) is 6.07 Å². The second-order valence-corrected chi connectivity index (χ2v) is 7.53. The van der Waals surface area contributed by atoms with E-state index in [4.69, 9.17) is 0 Å². The SMILES string of the molecule is O=C(Cn1ccccc1=O)Nc1ccc(NS(=O)(=O)c2ccc(F)cc2)cc1. The van der Waals surface area contributed by atoms with Crippen molar-refractivity contribution in [3.8, 4) is 0 Å². The molecule has 2 aromatic carbocycles. The summed E-state index contributed by atoms with van der Waals surface area (Å²) < 4.78 is 41.1. The van der Waals surface area contributed by atoms with Crippen LogP contribution < -0.4 is 15.6 Å². The Hall–Kier alpha value is -3.46. The molecule has 144 valence electrons. The molecule has 3 rings (SSSR count). The molecule has 1 amide bonds. The molecule has 0 spiro atoms. The van der Waals surface area contributed by atoms with Crippen molar-refractivity contribution in [3.63, 3.8) is 0 Å². The summed E-state index contributed by atoms with van der Waals surface area (Å²) in [6, 6.07) is 15.0. The smallest absolute Gasteiger partial charge is 0.261 e. The molecule has 28 heavy (non-hydrogen) atoms. The zero-order chi connectivity index (χ0) is 20.1. The fraction of sp³-hybridized carbons (Fsp3) is 0.0526. The summed E-state index contributed by atoms with van der Waals surface area (Å²) in [5.41, 5.74) is 0.434. The number of hydrogen-bond acceptors (Lipinski definition) is 4. The molecule has 0 aliphatic rings. The molecule has 7 nitrogen and oxygen atoms in total. The van der Waals surface area contributed by atoms with Crippen molar-refractivity contribution >= 4 is 27.3 Å². The van der Waals surface area contributed by atoms with Crippen LogP contribution in [0.15, 0.2) is 82.6 Å². The highest BCUT2D eigenvalue weighted by molar-refractivity contribution is 7.92. The van der Waals surface area contributed by atoms with E-state index in [1.165, 1.54) is 41.1 Å². The Kier molecular flexibility index (Phi) is 5.55. The first-order chi connectivity index (χ1) is 13.3. The first-order valence-corrected chi connectivity index (χ1v) is 9.65. The minimum Gasteiger partial charge on any atom is -0.325 e. The number of anilines is 2. The standard InChI is InChI=1S/C19H16FN3O4S/c20-14-4-10-17(11-5-14)28(26,27)22-16-8-6-15(7-9-16)21-18(24)13-23-12-2-1-3-19(23)25/h1-12,22H,13H2,(H,21,24). The van der Waals surface area contributed by atoms with Crippen molar-refractivity contribution < 1.29 is 17.6 Å². The number of nitrogens with one attached hydrogen (secondary N) is 2. The Morgan fingerprint density at radius 2 is 1.57 bits per heavy atom. The molecular weight excluding hydrogens is 385 g/mol. The summed E-state index contributed by atoms with van der Waals surface area (Å²) in [7, 11) is -3.85. The van der Waals surface area contributed by atoms with Crippen molar-refractivity contribution in [3.05, 3.63) is 89.1 Å². The average molecular weight is 401 g/mol. The largest absolute Gasteiger partial charge is 0.325 e. The second-order valence-electron chi connectivity index (χ2n) is 5.85. The molecule has 0 unspecified atom stereocenters. The van der Waals surface area contributed by atoms with Crippen molar-refractivity contribution in [2.24, 2.45) is 0 Å². The van der Waals surface area contributed by atoms with Gasteiger partial charge in [-0.25, -0.2) is 12.8 Å². The van der Waals surface area contributed by atoms with Gasteiger partial charge in [0, 0.05) is 23.6 Å². The Morgan fingerprint density at radius 3 is 2.21 bits per heavy atom. The zero-order valence-electron chi connectivity index (χ0n) is 14.5. The van der Waals surface area contributed by atoms with E-state index in [1.807, 2.05) is 0 Å². The number of hydrogen-bond donors (Lipinski definition) is 2. The number of sulfonamides is 1. The van der Waals surface area contributed by atoms with Gasteiger partial charge in [0.15, 0.2) is 0 Å². The van der Waals surface area contributed by atoms with Gasteiger partial charge in [-0.05, 0) is 54.6 Å². The monoisotopic (exact) mass is 401 g/mol. The molecule has 2 N–H and O–H groups in total. The van der Waals surface area contributed by atoms with Crippen LogP contribution in [0.5, 0.6) is 0 Å². The van der Waals surface area contributed by atoms with Crippen molar-refractivity contribution in [2.45, 2.75) is 11.4 Å². The summed E-state index contributed by atoms with van der Waals surface area (Å²) >= 11 is 0. The summed E-state index contributed by atoms with van der Waals surface area (Å²) in [4.78, 5) is 23.6. The predicted octanol–water partition coefficient (Wildman–Crippen LogP) is 2.43. The van der Waals surface area contributed by atoms with E-state index in [0.29, 0.717) is 5.69 Å². The first kappa shape index (κ1) is 19.3. The zero-order valence-corrected chi connectivity index (χ0v) is 15.3. The van der Waals surface area contributed by atoms with Crippen LogP contribution in [0.4, 0.5) is 15.8 Å². The average Bonchev–Trinajstić information content (AvgIpc) is 2.65. The highest BCUT2D eigenvalue weighted by Gasteiger charge is 2.14. The van der Waals surface area contributed by atoms with Gasteiger partial charge in [0.05, 0.1) is 4.90 Å². The highest BCUT2D eigenvalue weighted by Crippen LogP contribution is 2.18. The summed E-state index contributed by atoms with van der Waals surface area (Å²) in [6.07, 6.45) is 1.51. The van der Waals surface area contributed by atoms with E-state index in [1.54, 1.807) is 12.1 Å². The molecule has 9 heteroatoms. The molecule has 1 aromatic heterocycles. The van der Waals surface area contributed by atoms with E-state index >= 15 is 0 Å². The molecule has 1 heterocycles. The van der Waals surface area contributed by atoms with Gasteiger partial charge in [0.25, 0.3) is 15.6 Å². The minimum atomic E-state index is -3.85. The van der Waals surface area contributed by atoms with Crippen LogP contribution in [0.1, 0.15) is 0 Å². The lowest BCUT2D eigenvalue weighted by Crippen LogP contribution is -2.26. The lowest BCUT2D eigenvalue weighted by atomic mass is 10.3. The lowest BCUT2D eigenvalue weighted by molar-refractivity contribution is -0.116. The fourth-order valence-electron chi connectivity index (χ4n) is 2.40. The topological polar surface area (TPSA) is 97.3 Å². The molecule has 0 fully saturated rings. The summed E-state index contributed by atoms with van der Waals surface area (Å²) in [6.45, 7) is -0.140. The number of rotatable bonds is 6. The van der Waals surface area contributed by atoms with Crippen LogP contribution in [0.3, 0.4) is 0 Å². The maximum Gasteiger partial charge on any atom is 0.261 e. The fourth-order valence-corrected chi connectivity index (χ4v) is 3.45. The van der Waals surface area contributed by atoms with E-state index < -0.39 is 21.7 Å². The number of aromatic nitrogens is 1. The number of benzene rings is 2. The molecule has 0 atom stereocenters. The third kappa shape index (κ3) is 4.83. The van der Waals surface area contributed by atoms with E-state index in [9.17, 15) is 22.4 Å². The Morgan fingerprint density at radius 1 is 0.929 bits per heavy atom. The Bertz CT molecular complexity index is 1140. The lowest BCUT2D eigenvalue weighted by Gasteiger charge is -2.10. The molecule has 0 saturated carbocycles. The van der Waals surface area contributed by atoms with Crippen LogP contribution in [0.25, 0.3) is 0 Å². The quantitative estimate of drug-likeness (QED) is 0.663. The van der Waals surface area contributed by atoms with Gasteiger partial charge in [0.1, 0.15) is 12.4 Å². The molecule has 3 aromatic rings. The first-order valence-electron chi connectivity index (χ1n) is 8.17.